The van der Waals surface area contributed by atoms with Gasteiger partial charge in [-0.3, -0.25) is 9.59 Å². The Morgan fingerprint density at radius 2 is 1.85 bits per heavy atom. The van der Waals surface area contributed by atoms with E-state index in [4.69, 9.17) is 0 Å². The highest BCUT2D eigenvalue weighted by Crippen LogP contribution is 2.10. The van der Waals surface area contributed by atoms with Crippen LogP contribution in [0.4, 0.5) is 4.39 Å². The van der Waals surface area contributed by atoms with Crippen molar-refractivity contribution in [1.29, 1.82) is 0 Å². The number of nitrogens with one attached hydrogen (secondary N) is 2. The zero-order valence-corrected chi connectivity index (χ0v) is 12.5. The molecule has 1 rings (SSSR count). The molecule has 4 nitrogen and oxygen atoms in total. The van der Waals surface area contributed by atoms with E-state index in [1.165, 1.54) is 18.2 Å². The van der Waals surface area contributed by atoms with Gasteiger partial charge in [0.25, 0.3) is 5.91 Å². The van der Waals surface area contributed by atoms with Crippen molar-refractivity contribution in [3.05, 3.63) is 35.1 Å². The van der Waals surface area contributed by atoms with Crippen molar-refractivity contribution in [2.45, 2.75) is 46.2 Å². The summed E-state index contributed by atoms with van der Waals surface area (Å²) >= 11 is 0. The smallest absolute Gasteiger partial charge is 0.252 e. The van der Waals surface area contributed by atoms with Crippen molar-refractivity contribution >= 4 is 11.8 Å². The van der Waals surface area contributed by atoms with Gasteiger partial charge in [-0.1, -0.05) is 0 Å². The van der Waals surface area contributed by atoms with E-state index in [1.807, 2.05) is 20.8 Å². The highest BCUT2D eigenvalue weighted by Gasteiger charge is 2.21. The summed E-state index contributed by atoms with van der Waals surface area (Å²) in [6.07, 6.45) is 0. The van der Waals surface area contributed by atoms with Crippen LogP contribution < -0.4 is 10.6 Å². The lowest BCUT2D eigenvalue weighted by Crippen LogP contribution is -2.50. The maximum atomic E-state index is 13.0. The molecule has 0 saturated heterocycles. The standard InChI is InChI=1S/C15H21FN2O2/c1-9-8-11(16)6-7-12(9)14(20)17-10(2)13(19)18-15(3,4)5/h6-8,10H,1-5H3,(H,17,20)(H,18,19). The van der Waals surface area contributed by atoms with E-state index >= 15 is 0 Å². The molecule has 0 aliphatic carbocycles. The lowest BCUT2D eigenvalue weighted by atomic mass is 10.1. The number of carbonyl (C=O) groups is 2. The lowest BCUT2D eigenvalue weighted by Gasteiger charge is -2.23. The van der Waals surface area contributed by atoms with Crippen LogP contribution in [-0.4, -0.2) is 23.4 Å². The van der Waals surface area contributed by atoms with E-state index in [0.717, 1.165) is 0 Å². The third-order valence-electron chi connectivity index (χ3n) is 2.67. The van der Waals surface area contributed by atoms with E-state index in [-0.39, 0.29) is 17.4 Å². The Hall–Kier alpha value is -1.91. The van der Waals surface area contributed by atoms with Crippen LogP contribution in [-0.2, 0) is 4.79 Å². The maximum Gasteiger partial charge on any atom is 0.252 e. The average molecular weight is 280 g/mol. The zero-order valence-electron chi connectivity index (χ0n) is 12.5. The van der Waals surface area contributed by atoms with Gasteiger partial charge < -0.3 is 10.6 Å². The van der Waals surface area contributed by atoms with Crippen molar-refractivity contribution in [1.82, 2.24) is 10.6 Å². The first kappa shape index (κ1) is 16.1. The predicted octanol–water partition coefficient (Wildman–Crippen LogP) is 2.17. The number of amides is 2. The number of benzene rings is 1. The van der Waals surface area contributed by atoms with Crippen LogP contribution in [0.1, 0.15) is 43.6 Å². The Kier molecular flexibility index (Phi) is 4.87. The van der Waals surface area contributed by atoms with E-state index in [0.29, 0.717) is 11.1 Å². The highest BCUT2D eigenvalue weighted by atomic mass is 19.1. The minimum atomic E-state index is -0.661. The summed E-state index contributed by atoms with van der Waals surface area (Å²) in [5.41, 5.74) is 0.537. The van der Waals surface area contributed by atoms with Crippen LogP contribution in [0.25, 0.3) is 0 Å². The number of aryl methyl sites for hydroxylation is 1. The van der Waals surface area contributed by atoms with Crippen LogP contribution in [0.5, 0.6) is 0 Å². The molecule has 0 aliphatic heterocycles. The van der Waals surface area contributed by atoms with Gasteiger partial charge in [-0.2, -0.15) is 0 Å². The summed E-state index contributed by atoms with van der Waals surface area (Å²) < 4.78 is 13.0. The summed E-state index contributed by atoms with van der Waals surface area (Å²) in [6, 6.07) is 3.26. The van der Waals surface area contributed by atoms with Crippen molar-refractivity contribution in [2.75, 3.05) is 0 Å². The zero-order chi connectivity index (χ0) is 15.5. The molecule has 0 spiro atoms. The first-order chi connectivity index (χ1) is 9.10. The van der Waals surface area contributed by atoms with Gasteiger partial charge in [-0.25, -0.2) is 4.39 Å². The molecule has 0 heterocycles. The van der Waals surface area contributed by atoms with Crippen molar-refractivity contribution in [2.24, 2.45) is 0 Å². The monoisotopic (exact) mass is 280 g/mol. The molecule has 0 fully saturated rings. The van der Waals surface area contributed by atoms with Crippen LogP contribution in [0.2, 0.25) is 0 Å². The first-order valence-corrected chi connectivity index (χ1v) is 6.49. The van der Waals surface area contributed by atoms with E-state index in [2.05, 4.69) is 10.6 Å². The molecule has 5 heteroatoms. The fourth-order valence-electron chi connectivity index (χ4n) is 1.70. The Morgan fingerprint density at radius 1 is 1.25 bits per heavy atom. The second kappa shape index (κ2) is 6.03. The van der Waals surface area contributed by atoms with Gasteiger partial charge in [0, 0.05) is 11.1 Å². The molecule has 1 aromatic carbocycles. The lowest BCUT2D eigenvalue weighted by molar-refractivity contribution is -0.124. The minimum Gasteiger partial charge on any atom is -0.350 e. The van der Waals surface area contributed by atoms with E-state index in [9.17, 15) is 14.0 Å². The Morgan fingerprint density at radius 3 is 2.35 bits per heavy atom. The average Bonchev–Trinajstić information content (AvgIpc) is 2.26. The molecule has 1 aromatic rings. The molecule has 0 aliphatic rings. The summed E-state index contributed by atoms with van der Waals surface area (Å²) in [5.74, 6) is -1.04. The molecule has 0 radical (unpaired) electrons. The number of halogens is 1. The molecular formula is C15H21FN2O2. The fraction of sp³-hybridized carbons (Fsp3) is 0.467. The number of hydrogen-bond acceptors (Lipinski definition) is 2. The first-order valence-electron chi connectivity index (χ1n) is 6.49. The van der Waals surface area contributed by atoms with Gasteiger partial charge in [0.2, 0.25) is 5.91 Å². The molecule has 110 valence electrons. The third-order valence-corrected chi connectivity index (χ3v) is 2.67. The normalized spacial score (nSPS) is 12.7. The molecule has 0 bridgehead atoms. The minimum absolute atomic E-state index is 0.259. The van der Waals surface area contributed by atoms with Gasteiger partial charge in [-0.05, 0) is 58.4 Å². The summed E-state index contributed by atoms with van der Waals surface area (Å²) in [7, 11) is 0. The second-order valence-corrected chi connectivity index (χ2v) is 5.89. The van der Waals surface area contributed by atoms with Crippen molar-refractivity contribution < 1.29 is 14.0 Å². The fourth-order valence-corrected chi connectivity index (χ4v) is 1.70. The summed E-state index contributed by atoms with van der Waals surface area (Å²) in [4.78, 5) is 23.9. The Bertz CT molecular complexity index is 521. The summed E-state index contributed by atoms with van der Waals surface area (Å²) in [6.45, 7) is 8.85. The van der Waals surface area contributed by atoms with E-state index in [1.54, 1.807) is 13.8 Å². The third kappa shape index (κ3) is 4.64. The van der Waals surface area contributed by atoms with Crippen LogP contribution in [0, 0.1) is 12.7 Å². The number of hydrogen-bond donors (Lipinski definition) is 2. The van der Waals surface area contributed by atoms with Gasteiger partial charge in [0.1, 0.15) is 11.9 Å². The largest absolute Gasteiger partial charge is 0.350 e. The Balaban J connectivity index is 2.73. The van der Waals surface area contributed by atoms with Gasteiger partial charge in [-0.15, -0.1) is 0 Å². The van der Waals surface area contributed by atoms with Gasteiger partial charge in [0.05, 0.1) is 0 Å². The quantitative estimate of drug-likeness (QED) is 0.891. The molecule has 0 saturated carbocycles. The van der Waals surface area contributed by atoms with Gasteiger partial charge >= 0.3 is 0 Å². The van der Waals surface area contributed by atoms with Crippen molar-refractivity contribution in [3.8, 4) is 0 Å². The maximum absolute atomic E-state index is 13.0. The summed E-state index contributed by atoms with van der Waals surface area (Å²) in [5, 5.41) is 5.39. The topological polar surface area (TPSA) is 58.2 Å². The van der Waals surface area contributed by atoms with Crippen LogP contribution >= 0.6 is 0 Å². The molecule has 2 N–H and O–H groups in total. The van der Waals surface area contributed by atoms with Gasteiger partial charge in [0.15, 0.2) is 0 Å². The molecule has 0 aromatic heterocycles. The Labute approximate surface area is 118 Å². The molecule has 1 unspecified atom stereocenters. The molecule has 20 heavy (non-hydrogen) atoms. The molecule has 2 amide bonds. The van der Waals surface area contributed by atoms with Crippen LogP contribution in [0.15, 0.2) is 18.2 Å². The molecular weight excluding hydrogens is 259 g/mol. The van der Waals surface area contributed by atoms with Crippen molar-refractivity contribution in [3.63, 3.8) is 0 Å². The van der Waals surface area contributed by atoms with E-state index < -0.39 is 11.9 Å². The number of carbonyl (C=O) groups excluding carboxylic acids is 2. The predicted molar refractivity (Wildman–Crippen MR) is 76.0 cm³/mol. The van der Waals surface area contributed by atoms with Crippen LogP contribution in [0.3, 0.4) is 0 Å². The SMILES string of the molecule is Cc1cc(F)ccc1C(=O)NC(C)C(=O)NC(C)(C)C. The molecule has 1 atom stereocenters. The highest BCUT2D eigenvalue weighted by molar-refractivity contribution is 5.98. The second-order valence-electron chi connectivity index (χ2n) is 5.89. The number of rotatable bonds is 3.